The first kappa shape index (κ1) is 11.1. The van der Waals surface area contributed by atoms with Crippen LogP contribution in [0, 0.1) is 0 Å². The number of carbonyl (C=O) groups excluding carboxylic acids is 1. The van der Waals surface area contributed by atoms with Gasteiger partial charge in [-0.05, 0) is 31.2 Å². The van der Waals surface area contributed by atoms with Gasteiger partial charge in [0, 0.05) is 5.02 Å². The molecule has 1 amide bonds. The van der Waals surface area contributed by atoms with Crippen LogP contribution in [0.5, 0.6) is 0 Å². The summed E-state index contributed by atoms with van der Waals surface area (Å²) >= 11 is 11.6. The number of carbonyl (C=O) groups is 1. The molecule has 0 radical (unpaired) electrons. The number of rotatable bonds is 2. The molecule has 0 unspecified atom stereocenters. The first-order valence-electron chi connectivity index (χ1n) is 4.02. The standard InChI is InChI=1S/C10H9Cl2NO/c1-2-3-10(14)13-9-5-4-7(11)6-8(9)12/h2-6H,1H3,(H,13,14). The van der Waals surface area contributed by atoms with Crippen LogP contribution in [0.1, 0.15) is 6.92 Å². The van der Waals surface area contributed by atoms with Gasteiger partial charge in [0.15, 0.2) is 0 Å². The molecule has 1 N–H and O–H groups in total. The van der Waals surface area contributed by atoms with E-state index in [4.69, 9.17) is 23.2 Å². The highest BCUT2D eigenvalue weighted by Crippen LogP contribution is 2.25. The Kier molecular flexibility index (Phi) is 3.98. The van der Waals surface area contributed by atoms with Crippen LogP contribution in [0.25, 0.3) is 0 Å². The van der Waals surface area contributed by atoms with Gasteiger partial charge in [-0.1, -0.05) is 29.3 Å². The third-order valence-corrected chi connectivity index (χ3v) is 2.05. The maximum absolute atomic E-state index is 11.2. The summed E-state index contributed by atoms with van der Waals surface area (Å²) in [5.74, 6) is -0.211. The van der Waals surface area contributed by atoms with Gasteiger partial charge in [0.1, 0.15) is 0 Å². The van der Waals surface area contributed by atoms with Gasteiger partial charge in [0.05, 0.1) is 10.7 Å². The Bertz CT molecular complexity index is 374. The number of hydrogen-bond acceptors (Lipinski definition) is 1. The van der Waals surface area contributed by atoms with Crippen molar-refractivity contribution in [3.63, 3.8) is 0 Å². The zero-order valence-corrected chi connectivity index (χ0v) is 9.06. The molecule has 2 nitrogen and oxygen atoms in total. The topological polar surface area (TPSA) is 29.1 Å². The van der Waals surface area contributed by atoms with Gasteiger partial charge in [-0.2, -0.15) is 0 Å². The van der Waals surface area contributed by atoms with Crippen molar-refractivity contribution in [2.24, 2.45) is 0 Å². The predicted octanol–water partition coefficient (Wildman–Crippen LogP) is 3.51. The minimum Gasteiger partial charge on any atom is -0.321 e. The zero-order valence-electron chi connectivity index (χ0n) is 7.55. The largest absolute Gasteiger partial charge is 0.321 e. The molecule has 0 atom stereocenters. The molecule has 0 aliphatic carbocycles. The van der Waals surface area contributed by atoms with Crippen molar-refractivity contribution < 1.29 is 4.79 Å². The fourth-order valence-electron chi connectivity index (χ4n) is 0.917. The van der Waals surface area contributed by atoms with E-state index >= 15 is 0 Å². The second kappa shape index (κ2) is 5.03. The number of halogens is 2. The van der Waals surface area contributed by atoms with Crippen LogP contribution in [0.2, 0.25) is 10.0 Å². The van der Waals surface area contributed by atoms with Crippen molar-refractivity contribution in [1.29, 1.82) is 0 Å². The minimum absolute atomic E-state index is 0.211. The van der Waals surface area contributed by atoms with Crippen LogP contribution in [-0.2, 0) is 4.79 Å². The number of amides is 1. The van der Waals surface area contributed by atoms with E-state index in [1.54, 1.807) is 31.2 Å². The SMILES string of the molecule is CC=CC(=O)Nc1ccc(Cl)cc1Cl. The summed E-state index contributed by atoms with van der Waals surface area (Å²) in [4.78, 5) is 11.2. The van der Waals surface area contributed by atoms with Gasteiger partial charge in [0.25, 0.3) is 0 Å². The molecule has 0 aromatic heterocycles. The lowest BCUT2D eigenvalue weighted by Gasteiger charge is -2.04. The van der Waals surface area contributed by atoms with Crippen molar-refractivity contribution in [2.45, 2.75) is 6.92 Å². The first-order chi connectivity index (χ1) is 6.63. The smallest absolute Gasteiger partial charge is 0.248 e. The van der Waals surface area contributed by atoms with Crippen LogP contribution in [0.4, 0.5) is 5.69 Å². The van der Waals surface area contributed by atoms with Crippen LogP contribution in [0.15, 0.2) is 30.4 Å². The summed E-state index contributed by atoms with van der Waals surface area (Å²) in [6.45, 7) is 1.77. The highest BCUT2D eigenvalue weighted by molar-refractivity contribution is 6.36. The molecule has 0 saturated heterocycles. The van der Waals surface area contributed by atoms with Gasteiger partial charge in [-0.25, -0.2) is 0 Å². The molecule has 1 aromatic rings. The van der Waals surface area contributed by atoms with Crippen molar-refractivity contribution >= 4 is 34.8 Å². The van der Waals surface area contributed by atoms with Gasteiger partial charge in [0.2, 0.25) is 5.91 Å². The van der Waals surface area contributed by atoms with E-state index in [0.29, 0.717) is 15.7 Å². The number of allylic oxidation sites excluding steroid dienone is 1. The maximum atomic E-state index is 11.2. The van der Waals surface area contributed by atoms with E-state index in [1.165, 1.54) is 6.08 Å². The average molecular weight is 230 g/mol. The zero-order chi connectivity index (χ0) is 10.6. The monoisotopic (exact) mass is 229 g/mol. The summed E-state index contributed by atoms with van der Waals surface area (Å²) in [5, 5.41) is 3.59. The normalized spacial score (nSPS) is 10.5. The number of anilines is 1. The van der Waals surface area contributed by atoms with E-state index in [9.17, 15) is 4.79 Å². The Balaban J connectivity index is 2.82. The maximum Gasteiger partial charge on any atom is 0.248 e. The van der Waals surface area contributed by atoms with Crippen LogP contribution < -0.4 is 5.32 Å². The van der Waals surface area contributed by atoms with Gasteiger partial charge < -0.3 is 5.32 Å². The Morgan fingerprint density at radius 1 is 1.43 bits per heavy atom. The predicted molar refractivity (Wildman–Crippen MR) is 59.9 cm³/mol. The summed E-state index contributed by atoms with van der Waals surface area (Å²) in [7, 11) is 0. The van der Waals surface area contributed by atoms with Crippen molar-refractivity contribution in [1.82, 2.24) is 0 Å². The average Bonchev–Trinajstić information content (AvgIpc) is 2.10. The van der Waals surface area contributed by atoms with Gasteiger partial charge >= 0.3 is 0 Å². The first-order valence-corrected chi connectivity index (χ1v) is 4.78. The van der Waals surface area contributed by atoms with Crippen molar-refractivity contribution in [2.75, 3.05) is 5.32 Å². The van der Waals surface area contributed by atoms with E-state index < -0.39 is 0 Å². The van der Waals surface area contributed by atoms with Crippen molar-refractivity contribution in [3.8, 4) is 0 Å². The molecule has 74 valence electrons. The molecular weight excluding hydrogens is 221 g/mol. The van der Waals surface area contributed by atoms with Crippen molar-refractivity contribution in [3.05, 3.63) is 40.4 Å². The van der Waals surface area contributed by atoms with E-state index in [1.807, 2.05) is 0 Å². The highest BCUT2D eigenvalue weighted by atomic mass is 35.5. The second-order valence-electron chi connectivity index (χ2n) is 2.61. The lowest BCUT2D eigenvalue weighted by molar-refractivity contribution is -0.111. The lowest BCUT2D eigenvalue weighted by atomic mass is 10.3. The minimum atomic E-state index is -0.211. The third-order valence-electron chi connectivity index (χ3n) is 1.51. The molecule has 0 heterocycles. The Morgan fingerprint density at radius 3 is 2.71 bits per heavy atom. The molecule has 0 spiro atoms. The summed E-state index contributed by atoms with van der Waals surface area (Å²) in [6.07, 6.45) is 3.07. The van der Waals surface area contributed by atoms with Crippen LogP contribution in [0.3, 0.4) is 0 Å². The van der Waals surface area contributed by atoms with E-state index in [2.05, 4.69) is 5.32 Å². The Hall–Kier alpha value is -0.990. The summed E-state index contributed by atoms with van der Waals surface area (Å²) < 4.78 is 0. The summed E-state index contributed by atoms with van der Waals surface area (Å²) in [5.41, 5.74) is 0.555. The number of hydrogen-bond donors (Lipinski definition) is 1. The third kappa shape index (κ3) is 3.05. The molecule has 0 bridgehead atoms. The molecular formula is C10H9Cl2NO. The molecule has 0 saturated carbocycles. The van der Waals surface area contributed by atoms with E-state index in [0.717, 1.165) is 0 Å². The van der Waals surface area contributed by atoms with Crippen LogP contribution >= 0.6 is 23.2 Å². The van der Waals surface area contributed by atoms with Gasteiger partial charge in [-0.3, -0.25) is 4.79 Å². The second-order valence-corrected chi connectivity index (χ2v) is 3.46. The molecule has 0 fully saturated rings. The molecule has 0 aliphatic rings. The molecule has 0 aliphatic heterocycles. The quantitative estimate of drug-likeness (QED) is 0.774. The number of nitrogens with one attached hydrogen (secondary N) is 1. The molecule has 4 heteroatoms. The summed E-state index contributed by atoms with van der Waals surface area (Å²) in [6, 6.07) is 4.90. The number of benzene rings is 1. The van der Waals surface area contributed by atoms with Crippen LogP contribution in [-0.4, -0.2) is 5.91 Å². The molecule has 14 heavy (non-hydrogen) atoms. The lowest BCUT2D eigenvalue weighted by Crippen LogP contribution is -2.07. The Labute approximate surface area is 92.5 Å². The highest BCUT2D eigenvalue weighted by Gasteiger charge is 2.02. The molecule has 1 rings (SSSR count). The van der Waals surface area contributed by atoms with Gasteiger partial charge in [-0.15, -0.1) is 0 Å². The Morgan fingerprint density at radius 2 is 2.14 bits per heavy atom. The fraction of sp³-hybridized carbons (Fsp3) is 0.100. The van der Waals surface area contributed by atoms with E-state index in [-0.39, 0.29) is 5.91 Å². The fourth-order valence-corrected chi connectivity index (χ4v) is 1.37. The molecule has 1 aromatic carbocycles.